The van der Waals surface area contributed by atoms with Crippen molar-refractivity contribution in [2.75, 3.05) is 6.61 Å². The van der Waals surface area contributed by atoms with Crippen LogP contribution < -0.4 is 4.74 Å². The van der Waals surface area contributed by atoms with Gasteiger partial charge in [0.05, 0.1) is 11.6 Å². The molecule has 0 saturated carbocycles. The Kier molecular flexibility index (Phi) is 3.82. The first kappa shape index (κ1) is 12.1. The molecular formula is C9H8ClF3O2. The highest BCUT2D eigenvalue weighted by molar-refractivity contribution is 6.32. The topological polar surface area (TPSA) is 29.5 Å². The van der Waals surface area contributed by atoms with Crippen LogP contribution in [0.4, 0.5) is 13.2 Å². The van der Waals surface area contributed by atoms with Crippen LogP contribution in [-0.2, 0) is 6.61 Å². The molecule has 0 aliphatic rings. The van der Waals surface area contributed by atoms with Gasteiger partial charge in [0, 0.05) is 5.56 Å². The van der Waals surface area contributed by atoms with Crippen LogP contribution in [0.15, 0.2) is 18.2 Å². The summed E-state index contributed by atoms with van der Waals surface area (Å²) in [6.45, 7) is -1.85. The number of hydrogen-bond acceptors (Lipinski definition) is 2. The van der Waals surface area contributed by atoms with Crippen LogP contribution in [0.2, 0.25) is 5.02 Å². The minimum Gasteiger partial charge on any atom is -0.482 e. The summed E-state index contributed by atoms with van der Waals surface area (Å²) in [6.07, 6.45) is -4.42. The lowest BCUT2D eigenvalue weighted by Gasteiger charge is -2.13. The van der Waals surface area contributed by atoms with Crippen LogP contribution in [0.3, 0.4) is 0 Å². The summed E-state index contributed by atoms with van der Waals surface area (Å²) in [6, 6.07) is 4.36. The van der Waals surface area contributed by atoms with Crippen molar-refractivity contribution in [2.24, 2.45) is 0 Å². The van der Waals surface area contributed by atoms with Crippen molar-refractivity contribution in [1.29, 1.82) is 0 Å². The molecule has 0 saturated heterocycles. The third-order valence-electron chi connectivity index (χ3n) is 1.60. The van der Waals surface area contributed by atoms with Crippen LogP contribution in [-0.4, -0.2) is 17.9 Å². The zero-order valence-corrected chi connectivity index (χ0v) is 8.27. The minimum absolute atomic E-state index is 0.0470. The predicted molar refractivity (Wildman–Crippen MR) is 48.9 cm³/mol. The quantitative estimate of drug-likeness (QED) is 0.880. The Bertz CT molecular complexity index is 339. The van der Waals surface area contributed by atoms with Gasteiger partial charge in [-0.05, 0) is 6.07 Å². The molecule has 0 bridgehead atoms. The lowest BCUT2D eigenvalue weighted by atomic mass is 10.2. The number of hydrogen-bond donors (Lipinski definition) is 1. The Morgan fingerprint density at radius 2 is 2.00 bits per heavy atom. The van der Waals surface area contributed by atoms with Crippen molar-refractivity contribution in [3.8, 4) is 5.75 Å². The molecule has 1 aromatic carbocycles. The number of aliphatic hydroxyl groups excluding tert-OH is 1. The minimum atomic E-state index is -4.42. The first-order chi connectivity index (χ1) is 6.94. The fourth-order valence-electron chi connectivity index (χ4n) is 0.994. The second-order valence-corrected chi connectivity index (χ2v) is 3.20. The Balaban J connectivity index is 2.83. The van der Waals surface area contributed by atoms with E-state index < -0.39 is 19.4 Å². The van der Waals surface area contributed by atoms with Gasteiger partial charge >= 0.3 is 6.18 Å². The van der Waals surface area contributed by atoms with Crippen LogP contribution in [0, 0.1) is 0 Å². The standard InChI is InChI=1S/C9H8ClF3O2/c10-7-3-1-2-6(4-14)8(7)15-5-9(11,12)13/h1-3,14H,4-5H2. The van der Waals surface area contributed by atoms with Gasteiger partial charge in [-0.1, -0.05) is 23.7 Å². The molecular weight excluding hydrogens is 233 g/mol. The summed E-state index contributed by atoms with van der Waals surface area (Å²) in [5.41, 5.74) is 0.228. The zero-order valence-electron chi connectivity index (χ0n) is 7.51. The van der Waals surface area contributed by atoms with Crippen molar-refractivity contribution in [2.45, 2.75) is 12.8 Å². The van der Waals surface area contributed by atoms with E-state index in [9.17, 15) is 13.2 Å². The number of ether oxygens (including phenoxy) is 1. The molecule has 0 heterocycles. The summed E-state index contributed by atoms with van der Waals surface area (Å²) in [5.74, 6) is -0.126. The highest BCUT2D eigenvalue weighted by Crippen LogP contribution is 2.30. The molecule has 84 valence electrons. The maximum Gasteiger partial charge on any atom is 0.422 e. The Morgan fingerprint density at radius 1 is 1.33 bits per heavy atom. The van der Waals surface area contributed by atoms with Gasteiger partial charge in [-0.3, -0.25) is 0 Å². The monoisotopic (exact) mass is 240 g/mol. The molecule has 1 rings (SSSR count). The molecule has 0 aliphatic heterocycles. The third kappa shape index (κ3) is 3.60. The maximum atomic E-state index is 11.9. The van der Waals surface area contributed by atoms with Crippen molar-refractivity contribution >= 4 is 11.6 Å². The Morgan fingerprint density at radius 3 is 2.53 bits per heavy atom. The molecule has 0 atom stereocenters. The van der Waals surface area contributed by atoms with Gasteiger partial charge in [-0.2, -0.15) is 13.2 Å². The Labute approximate surface area is 89.2 Å². The fraction of sp³-hybridized carbons (Fsp3) is 0.333. The lowest BCUT2D eigenvalue weighted by molar-refractivity contribution is -0.153. The molecule has 0 unspecified atom stereocenters. The van der Waals surface area contributed by atoms with Gasteiger partial charge in [0.1, 0.15) is 5.75 Å². The summed E-state index contributed by atoms with van der Waals surface area (Å²) in [4.78, 5) is 0. The molecule has 6 heteroatoms. The number of alkyl halides is 3. The second-order valence-electron chi connectivity index (χ2n) is 2.79. The number of rotatable bonds is 3. The van der Waals surface area contributed by atoms with E-state index in [1.54, 1.807) is 0 Å². The second kappa shape index (κ2) is 4.72. The van der Waals surface area contributed by atoms with Crippen molar-refractivity contribution in [3.05, 3.63) is 28.8 Å². The van der Waals surface area contributed by atoms with E-state index in [-0.39, 0.29) is 16.3 Å². The van der Waals surface area contributed by atoms with E-state index in [2.05, 4.69) is 4.74 Å². The van der Waals surface area contributed by atoms with Crippen LogP contribution in [0.1, 0.15) is 5.56 Å². The highest BCUT2D eigenvalue weighted by atomic mass is 35.5. The molecule has 0 amide bonds. The van der Waals surface area contributed by atoms with Crippen LogP contribution >= 0.6 is 11.6 Å². The van der Waals surface area contributed by atoms with Gasteiger partial charge in [0.2, 0.25) is 0 Å². The van der Waals surface area contributed by atoms with E-state index in [0.29, 0.717) is 0 Å². The predicted octanol–water partition coefficient (Wildman–Crippen LogP) is 2.77. The summed E-state index contributed by atoms with van der Waals surface area (Å²) in [5, 5.41) is 8.90. The zero-order chi connectivity index (χ0) is 11.5. The smallest absolute Gasteiger partial charge is 0.422 e. The molecule has 2 nitrogen and oxygen atoms in total. The summed E-state index contributed by atoms with van der Waals surface area (Å²) in [7, 11) is 0. The van der Waals surface area contributed by atoms with Crippen LogP contribution in [0.5, 0.6) is 5.75 Å². The first-order valence-corrected chi connectivity index (χ1v) is 4.39. The van der Waals surface area contributed by atoms with Crippen molar-refractivity contribution in [3.63, 3.8) is 0 Å². The maximum absolute atomic E-state index is 11.9. The molecule has 0 aromatic heterocycles. The molecule has 15 heavy (non-hydrogen) atoms. The SMILES string of the molecule is OCc1cccc(Cl)c1OCC(F)(F)F. The van der Waals surface area contributed by atoms with E-state index in [4.69, 9.17) is 16.7 Å². The third-order valence-corrected chi connectivity index (χ3v) is 1.90. The number of para-hydroxylation sites is 1. The van der Waals surface area contributed by atoms with Gasteiger partial charge in [0.25, 0.3) is 0 Å². The lowest BCUT2D eigenvalue weighted by Crippen LogP contribution is -2.19. The number of halogens is 4. The van der Waals surface area contributed by atoms with Gasteiger partial charge in [-0.15, -0.1) is 0 Å². The molecule has 1 aromatic rings. The van der Waals surface area contributed by atoms with Crippen molar-refractivity contribution < 1.29 is 23.0 Å². The summed E-state index contributed by atoms with van der Waals surface area (Å²) >= 11 is 5.63. The first-order valence-electron chi connectivity index (χ1n) is 4.02. The molecule has 1 N–H and O–H groups in total. The van der Waals surface area contributed by atoms with E-state index in [1.807, 2.05) is 0 Å². The normalized spacial score (nSPS) is 11.5. The molecule has 0 spiro atoms. The largest absolute Gasteiger partial charge is 0.482 e. The van der Waals surface area contributed by atoms with Crippen LogP contribution in [0.25, 0.3) is 0 Å². The van der Waals surface area contributed by atoms with E-state index in [0.717, 1.165) is 0 Å². The van der Waals surface area contributed by atoms with Gasteiger partial charge < -0.3 is 9.84 Å². The fourth-order valence-corrected chi connectivity index (χ4v) is 1.24. The molecule has 0 aliphatic carbocycles. The van der Waals surface area contributed by atoms with E-state index in [1.165, 1.54) is 18.2 Å². The summed E-state index contributed by atoms with van der Waals surface area (Å²) < 4.78 is 40.1. The number of aliphatic hydroxyl groups is 1. The van der Waals surface area contributed by atoms with E-state index >= 15 is 0 Å². The van der Waals surface area contributed by atoms with Crippen molar-refractivity contribution in [1.82, 2.24) is 0 Å². The highest BCUT2D eigenvalue weighted by Gasteiger charge is 2.29. The van der Waals surface area contributed by atoms with Gasteiger partial charge in [0.15, 0.2) is 6.61 Å². The number of benzene rings is 1. The average Bonchev–Trinajstić information content (AvgIpc) is 2.14. The Hall–Kier alpha value is -0.940. The molecule has 0 fully saturated rings. The molecule has 0 radical (unpaired) electrons. The average molecular weight is 241 g/mol. The van der Waals surface area contributed by atoms with Gasteiger partial charge in [-0.25, -0.2) is 0 Å².